The topological polar surface area (TPSA) is 17.1 Å². The highest BCUT2D eigenvalue weighted by Crippen LogP contribution is 2.33. The fraction of sp³-hybridized carbons (Fsp3) is 0.308. The van der Waals surface area contributed by atoms with Crippen LogP contribution in [0.2, 0.25) is 0 Å². The molecule has 2 rings (SSSR count). The monoisotopic (exact) mass is 250 g/mol. The minimum absolute atomic E-state index is 0.0388. The Bertz CT molecular complexity index is 530. The van der Waals surface area contributed by atoms with Crippen molar-refractivity contribution in [2.75, 3.05) is 0 Å². The van der Waals surface area contributed by atoms with Crippen LogP contribution in [0.1, 0.15) is 25.6 Å². The van der Waals surface area contributed by atoms with Crippen LogP contribution >= 0.6 is 22.7 Å². The van der Waals surface area contributed by atoms with E-state index in [4.69, 9.17) is 0 Å². The molecule has 0 aliphatic heterocycles. The Morgan fingerprint density at radius 3 is 2.44 bits per heavy atom. The summed E-state index contributed by atoms with van der Waals surface area (Å²) < 4.78 is 0. The summed E-state index contributed by atoms with van der Waals surface area (Å²) in [6.07, 6.45) is 0. The van der Waals surface area contributed by atoms with Gasteiger partial charge >= 0.3 is 0 Å². The predicted octanol–water partition coefficient (Wildman–Crippen LogP) is 4.13. The second-order valence-corrected chi connectivity index (χ2v) is 6.78. The van der Waals surface area contributed by atoms with E-state index in [9.17, 15) is 4.79 Å². The molecular formula is C13H14OS2. The van der Waals surface area contributed by atoms with Crippen LogP contribution in [0.4, 0.5) is 0 Å². The van der Waals surface area contributed by atoms with Gasteiger partial charge in [-0.3, -0.25) is 4.79 Å². The van der Waals surface area contributed by atoms with Gasteiger partial charge in [0, 0.05) is 20.7 Å². The largest absolute Gasteiger partial charge is 0.290 e. The summed E-state index contributed by atoms with van der Waals surface area (Å²) in [5.74, 6) is 0. The summed E-state index contributed by atoms with van der Waals surface area (Å²) in [5, 5.41) is 2.04. The van der Waals surface area contributed by atoms with Gasteiger partial charge in [-0.1, -0.05) is 26.8 Å². The normalized spacial score (nSPS) is 11.7. The van der Waals surface area contributed by atoms with Crippen molar-refractivity contribution in [2.24, 2.45) is 0 Å². The predicted molar refractivity (Wildman–Crippen MR) is 72.6 cm³/mol. The Morgan fingerprint density at radius 2 is 1.88 bits per heavy atom. The molecule has 0 fully saturated rings. The van der Waals surface area contributed by atoms with Crippen LogP contribution < -0.4 is 5.43 Å². The number of hydrogen-bond donors (Lipinski definition) is 0. The molecule has 84 valence electrons. The average molecular weight is 250 g/mol. The van der Waals surface area contributed by atoms with Gasteiger partial charge < -0.3 is 0 Å². The number of thiophene rings is 1. The van der Waals surface area contributed by atoms with E-state index in [0.717, 1.165) is 9.75 Å². The highest BCUT2D eigenvalue weighted by atomic mass is 32.1. The molecular weight excluding hydrogens is 236 g/mol. The molecule has 0 saturated heterocycles. The molecule has 3 heteroatoms. The van der Waals surface area contributed by atoms with E-state index in [-0.39, 0.29) is 10.8 Å². The zero-order valence-electron chi connectivity index (χ0n) is 9.61. The van der Waals surface area contributed by atoms with Gasteiger partial charge in [-0.05, 0) is 22.9 Å². The van der Waals surface area contributed by atoms with Crippen LogP contribution in [-0.4, -0.2) is 0 Å². The standard InChI is InChI=1S/C13H14OS2/c1-13(2,3)12-8-9(14)7-11(16-12)10-5-4-6-15-10/h4-8H,1-3H3. The van der Waals surface area contributed by atoms with Crippen LogP contribution in [0.25, 0.3) is 9.75 Å². The quantitative estimate of drug-likeness (QED) is 0.743. The first-order chi connectivity index (χ1) is 7.47. The van der Waals surface area contributed by atoms with Gasteiger partial charge in [-0.15, -0.1) is 22.7 Å². The molecule has 0 atom stereocenters. The third-order valence-electron chi connectivity index (χ3n) is 2.27. The molecule has 2 aromatic heterocycles. The van der Waals surface area contributed by atoms with Crippen LogP contribution in [0.5, 0.6) is 0 Å². The van der Waals surface area contributed by atoms with Gasteiger partial charge in [-0.2, -0.15) is 0 Å². The van der Waals surface area contributed by atoms with Crippen molar-refractivity contribution in [1.82, 2.24) is 0 Å². The van der Waals surface area contributed by atoms with E-state index in [2.05, 4.69) is 26.8 Å². The van der Waals surface area contributed by atoms with Crippen LogP contribution in [0.15, 0.2) is 34.4 Å². The van der Waals surface area contributed by atoms with Gasteiger partial charge in [0.15, 0.2) is 5.43 Å². The molecule has 0 unspecified atom stereocenters. The van der Waals surface area contributed by atoms with E-state index in [1.54, 1.807) is 34.8 Å². The molecule has 0 bridgehead atoms. The molecule has 0 amide bonds. The van der Waals surface area contributed by atoms with E-state index < -0.39 is 0 Å². The maximum Gasteiger partial charge on any atom is 0.181 e. The highest BCUT2D eigenvalue weighted by Gasteiger charge is 2.16. The maximum atomic E-state index is 11.7. The summed E-state index contributed by atoms with van der Waals surface area (Å²) in [6.45, 7) is 6.41. The second kappa shape index (κ2) is 4.15. The molecule has 0 radical (unpaired) electrons. The zero-order chi connectivity index (χ0) is 11.8. The second-order valence-electron chi connectivity index (χ2n) is 4.75. The van der Waals surface area contributed by atoms with Gasteiger partial charge in [0.25, 0.3) is 0 Å². The average Bonchev–Trinajstić information content (AvgIpc) is 2.68. The maximum absolute atomic E-state index is 11.7. The first-order valence-corrected chi connectivity index (χ1v) is 6.86. The molecule has 0 N–H and O–H groups in total. The molecule has 0 spiro atoms. The van der Waals surface area contributed by atoms with E-state index >= 15 is 0 Å². The van der Waals surface area contributed by atoms with Crippen molar-refractivity contribution < 1.29 is 0 Å². The Kier molecular flexibility index (Phi) is 3.00. The minimum atomic E-state index is 0.0388. The van der Waals surface area contributed by atoms with Crippen LogP contribution in [0.3, 0.4) is 0 Å². The lowest BCUT2D eigenvalue weighted by Crippen LogP contribution is -2.12. The van der Waals surface area contributed by atoms with E-state index in [1.165, 1.54) is 4.88 Å². The van der Waals surface area contributed by atoms with Crippen molar-refractivity contribution in [2.45, 2.75) is 26.2 Å². The smallest absolute Gasteiger partial charge is 0.181 e. The molecule has 0 aliphatic rings. The number of hydrogen-bond acceptors (Lipinski definition) is 3. The number of rotatable bonds is 1. The summed E-state index contributed by atoms with van der Waals surface area (Å²) >= 11 is 3.39. The summed E-state index contributed by atoms with van der Waals surface area (Å²) in [7, 11) is 0. The Balaban J connectivity index is 2.57. The van der Waals surface area contributed by atoms with Crippen LogP contribution in [0, 0.1) is 0 Å². The fourth-order valence-electron chi connectivity index (χ4n) is 1.39. The molecule has 0 aromatic carbocycles. The molecule has 2 heterocycles. The van der Waals surface area contributed by atoms with Crippen molar-refractivity contribution in [3.05, 3.63) is 44.7 Å². The SMILES string of the molecule is CC(C)(C)c1cc(=O)cc(-c2cccs2)s1. The molecule has 0 aliphatic carbocycles. The molecule has 2 aromatic rings. The van der Waals surface area contributed by atoms with Gasteiger partial charge in [0.05, 0.1) is 0 Å². The lowest BCUT2D eigenvalue weighted by atomic mass is 9.95. The van der Waals surface area contributed by atoms with Gasteiger partial charge in [0.2, 0.25) is 0 Å². The third-order valence-corrected chi connectivity index (χ3v) is 4.81. The van der Waals surface area contributed by atoms with Gasteiger partial charge in [-0.25, -0.2) is 0 Å². The Labute approximate surface area is 103 Å². The lowest BCUT2D eigenvalue weighted by molar-refractivity contribution is 0.603. The summed E-state index contributed by atoms with van der Waals surface area (Å²) in [6, 6.07) is 7.55. The minimum Gasteiger partial charge on any atom is -0.290 e. The molecule has 1 nitrogen and oxygen atoms in total. The van der Waals surface area contributed by atoms with Crippen molar-refractivity contribution in [3.63, 3.8) is 0 Å². The van der Waals surface area contributed by atoms with E-state index in [1.807, 2.05) is 11.4 Å². The van der Waals surface area contributed by atoms with Crippen molar-refractivity contribution in [1.29, 1.82) is 0 Å². The Morgan fingerprint density at radius 1 is 1.12 bits per heavy atom. The van der Waals surface area contributed by atoms with Crippen LogP contribution in [-0.2, 0) is 5.41 Å². The summed E-state index contributed by atoms with van der Waals surface area (Å²) in [5.41, 5.74) is 0.143. The van der Waals surface area contributed by atoms with Gasteiger partial charge in [0.1, 0.15) is 0 Å². The van der Waals surface area contributed by atoms with Crippen molar-refractivity contribution >= 4 is 22.7 Å². The molecule has 0 saturated carbocycles. The Hall–Kier alpha value is -0.930. The lowest BCUT2D eigenvalue weighted by Gasteiger charge is -2.18. The first-order valence-electron chi connectivity index (χ1n) is 5.16. The highest BCUT2D eigenvalue weighted by molar-refractivity contribution is 7.21. The first kappa shape index (κ1) is 11.6. The van der Waals surface area contributed by atoms with Crippen molar-refractivity contribution in [3.8, 4) is 9.75 Å². The third kappa shape index (κ3) is 2.42. The zero-order valence-corrected chi connectivity index (χ0v) is 11.2. The summed E-state index contributed by atoms with van der Waals surface area (Å²) in [4.78, 5) is 15.1. The fourth-order valence-corrected chi connectivity index (χ4v) is 3.35. The van der Waals surface area contributed by atoms with E-state index in [0.29, 0.717) is 0 Å². The molecule has 16 heavy (non-hydrogen) atoms.